The highest BCUT2D eigenvalue weighted by atomic mass is 35.5. The summed E-state index contributed by atoms with van der Waals surface area (Å²) in [7, 11) is 0. The lowest BCUT2D eigenvalue weighted by molar-refractivity contribution is 0.102. The summed E-state index contributed by atoms with van der Waals surface area (Å²) < 4.78 is 0.679. The van der Waals surface area contributed by atoms with Crippen molar-refractivity contribution in [2.24, 2.45) is 0 Å². The Bertz CT molecular complexity index is 1730. The van der Waals surface area contributed by atoms with E-state index in [1.165, 1.54) is 16.9 Å². The first kappa shape index (κ1) is 26.2. The first-order chi connectivity index (χ1) is 18.7. The van der Waals surface area contributed by atoms with Gasteiger partial charge in [0.1, 0.15) is 28.0 Å². The molecule has 0 fully saturated rings. The lowest BCUT2D eigenvalue weighted by atomic mass is 10.00. The molecule has 4 N–H and O–H groups in total. The number of aryl methyl sites for hydroxylation is 1. The zero-order chi connectivity index (χ0) is 27.7. The van der Waals surface area contributed by atoms with Gasteiger partial charge in [-0.25, -0.2) is 4.98 Å². The molecule has 0 bridgehead atoms. The van der Waals surface area contributed by atoms with Crippen molar-refractivity contribution in [1.29, 1.82) is 5.26 Å². The molecule has 0 radical (unpaired) electrons. The Morgan fingerprint density at radius 1 is 1.05 bits per heavy atom. The van der Waals surface area contributed by atoms with Crippen molar-refractivity contribution in [2.45, 2.75) is 26.7 Å². The maximum absolute atomic E-state index is 13.8. The molecule has 0 aliphatic rings. The van der Waals surface area contributed by atoms with E-state index in [1.807, 2.05) is 55.5 Å². The van der Waals surface area contributed by atoms with E-state index in [-0.39, 0.29) is 17.3 Å². The molecule has 194 valence electrons. The SMILES string of the molecule is Cc1cccc(NC(=O)c2c(Nc3ccc(C(C)C)cc3)sc3c(-c4ccc(Cl)cc4)c(C#N)c(N)nc23)c1. The number of halogens is 1. The molecule has 0 unspecified atom stereocenters. The summed E-state index contributed by atoms with van der Waals surface area (Å²) in [5.41, 5.74) is 12.5. The Kier molecular flexibility index (Phi) is 7.25. The zero-order valence-corrected chi connectivity index (χ0v) is 23.2. The van der Waals surface area contributed by atoms with Crippen LogP contribution in [0.2, 0.25) is 5.02 Å². The first-order valence-electron chi connectivity index (χ1n) is 12.4. The minimum Gasteiger partial charge on any atom is -0.383 e. The number of nitrogens with two attached hydrogens (primary N) is 1. The fraction of sp³-hybridized carbons (Fsp3) is 0.129. The fourth-order valence-electron chi connectivity index (χ4n) is 4.42. The molecule has 0 aliphatic heterocycles. The number of amides is 1. The average Bonchev–Trinajstić information content (AvgIpc) is 3.26. The van der Waals surface area contributed by atoms with Crippen LogP contribution in [-0.2, 0) is 0 Å². The molecule has 5 aromatic rings. The second-order valence-corrected chi connectivity index (χ2v) is 11.0. The van der Waals surface area contributed by atoms with E-state index in [4.69, 9.17) is 17.3 Å². The van der Waals surface area contributed by atoms with Crippen molar-refractivity contribution in [3.05, 3.63) is 100 Å². The second kappa shape index (κ2) is 10.8. The number of thiophene rings is 1. The van der Waals surface area contributed by atoms with Gasteiger partial charge in [0.15, 0.2) is 0 Å². The van der Waals surface area contributed by atoms with Gasteiger partial charge >= 0.3 is 0 Å². The molecule has 0 atom stereocenters. The van der Waals surface area contributed by atoms with Gasteiger partial charge in [0.25, 0.3) is 5.91 Å². The van der Waals surface area contributed by atoms with Gasteiger partial charge in [-0.05, 0) is 65.9 Å². The van der Waals surface area contributed by atoms with Crippen LogP contribution in [0.4, 0.5) is 22.2 Å². The van der Waals surface area contributed by atoms with Crippen molar-refractivity contribution >= 4 is 61.3 Å². The molecule has 0 spiro atoms. The number of nitrogens with one attached hydrogen (secondary N) is 2. The zero-order valence-electron chi connectivity index (χ0n) is 21.7. The molecular weight excluding hydrogens is 526 g/mol. The maximum Gasteiger partial charge on any atom is 0.260 e. The van der Waals surface area contributed by atoms with Crippen LogP contribution in [0.15, 0.2) is 72.8 Å². The quantitative estimate of drug-likeness (QED) is 0.196. The van der Waals surface area contributed by atoms with Crippen LogP contribution < -0.4 is 16.4 Å². The Labute approximate surface area is 236 Å². The summed E-state index contributed by atoms with van der Waals surface area (Å²) in [6, 6.07) is 25.1. The lowest BCUT2D eigenvalue weighted by Gasteiger charge is -2.11. The Hall–Kier alpha value is -4.38. The number of nitrogen functional groups attached to an aromatic ring is 1. The number of aromatic nitrogens is 1. The summed E-state index contributed by atoms with van der Waals surface area (Å²) in [6.45, 7) is 6.25. The van der Waals surface area contributed by atoms with Crippen LogP contribution in [-0.4, -0.2) is 10.9 Å². The summed E-state index contributed by atoms with van der Waals surface area (Å²) in [5, 5.41) is 17.6. The minimum atomic E-state index is -0.327. The van der Waals surface area contributed by atoms with Crippen molar-refractivity contribution in [3.8, 4) is 17.2 Å². The van der Waals surface area contributed by atoms with Crippen LogP contribution in [0.5, 0.6) is 0 Å². The second-order valence-electron chi connectivity index (χ2n) is 9.57. The topological polar surface area (TPSA) is 104 Å². The molecule has 5 rings (SSSR count). The molecule has 8 heteroatoms. The number of benzene rings is 3. The number of rotatable bonds is 6. The van der Waals surface area contributed by atoms with Crippen LogP contribution in [0.3, 0.4) is 0 Å². The largest absolute Gasteiger partial charge is 0.383 e. The first-order valence-corrected chi connectivity index (χ1v) is 13.6. The molecule has 0 saturated carbocycles. The third-order valence-corrected chi connectivity index (χ3v) is 7.80. The number of hydrogen-bond acceptors (Lipinski definition) is 6. The van der Waals surface area contributed by atoms with Crippen LogP contribution in [0.25, 0.3) is 21.3 Å². The normalized spacial score (nSPS) is 11.0. The average molecular weight is 552 g/mol. The Morgan fingerprint density at radius 3 is 2.41 bits per heavy atom. The summed E-state index contributed by atoms with van der Waals surface area (Å²) in [4.78, 5) is 18.4. The number of hydrogen-bond donors (Lipinski definition) is 3. The maximum atomic E-state index is 13.8. The third-order valence-electron chi connectivity index (χ3n) is 6.43. The Morgan fingerprint density at radius 2 is 1.77 bits per heavy atom. The van der Waals surface area contributed by atoms with Gasteiger partial charge < -0.3 is 16.4 Å². The molecule has 0 aliphatic carbocycles. The predicted octanol–water partition coefficient (Wildman–Crippen LogP) is 8.50. The van der Waals surface area contributed by atoms with Crippen molar-refractivity contribution in [1.82, 2.24) is 4.98 Å². The molecule has 3 aromatic carbocycles. The monoisotopic (exact) mass is 551 g/mol. The van der Waals surface area contributed by atoms with Gasteiger partial charge in [-0.1, -0.05) is 61.8 Å². The van der Waals surface area contributed by atoms with E-state index >= 15 is 0 Å². The number of pyridine rings is 1. The molecular formula is C31H26ClN5OS. The molecule has 2 aromatic heterocycles. The highest BCUT2D eigenvalue weighted by molar-refractivity contribution is 7.24. The molecule has 2 heterocycles. The van der Waals surface area contributed by atoms with Gasteiger partial charge in [0.05, 0.1) is 10.2 Å². The highest BCUT2D eigenvalue weighted by Gasteiger charge is 2.26. The van der Waals surface area contributed by atoms with E-state index < -0.39 is 0 Å². The van der Waals surface area contributed by atoms with Crippen LogP contribution >= 0.6 is 22.9 Å². The lowest BCUT2D eigenvalue weighted by Crippen LogP contribution is -2.13. The predicted molar refractivity (Wildman–Crippen MR) is 162 cm³/mol. The van der Waals surface area contributed by atoms with Crippen molar-refractivity contribution in [3.63, 3.8) is 0 Å². The van der Waals surface area contributed by atoms with Gasteiger partial charge in [-0.2, -0.15) is 5.26 Å². The highest BCUT2D eigenvalue weighted by Crippen LogP contribution is 2.44. The van der Waals surface area contributed by atoms with Crippen molar-refractivity contribution in [2.75, 3.05) is 16.4 Å². The van der Waals surface area contributed by atoms with E-state index in [9.17, 15) is 10.1 Å². The smallest absolute Gasteiger partial charge is 0.260 e. The number of carbonyl (C=O) groups is 1. The number of anilines is 4. The minimum absolute atomic E-state index is 0.0604. The van der Waals surface area contributed by atoms with E-state index in [2.05, 4.69) is 47.7 Å². The van der Waals surface area contributed by atoms with E-state index in [0.717, 1.165) is 16.8 Å². The van der Waals surface area contributed by atoms with E-state index in [1.54, 1.807) is 12.1 Å². The molecule has 0 saturated heterocycles. The van der Waals surface area contributed by atoms with E-state index in [0.29, 0.717) is 43.0 Å². The fourth-order valence-corrected chi connectivity index (χ4v) is 5.78. The standard InChI is InChI=1S/C31H26ClN5OS/c1-17(2)19-9-13-22(14-10-19)36-31-26(30(38)35-23-6-4-5-18(3)15-23)27-28(39-31)25(24(16-33)29(34)37-27)20-7-11-21(32)12-8-20/h4-15,17,36H,1-3H3,(H2,34,37)(H,35,38). The van der Waals surface area contributed by atoms with Crippen LogP contribution in [0, 0.1) is 18.3 Å². The number of fused-ring (bicyclic) bond motifs is 1. The summed E-state index contributed by atoms with van der Waals surface area (Å²) in [5.74, 6) is 0.134. The molecule has 39 heavy (non-hydrogen) atoms. The van der Waals surface area contributed by atoms with Gasteiger partial charge in [0.2, 0.25) is 0 Å². The number of nitrogens with zero attached hydrogens (tertiary/aromatic N) is 2. The number of carbonyl (C=O) groups excluding carboxylic acids is 1. The summed E-state index contributed by atoms with van der Waals surface area (Å²) >= 11 is 7.50. The number of nitriles is 1. The van der Waals surface area contributed by atoms with Crippen molar-refractivity contribution < 1.29 is 4.79 Å². The Balaban J connectivity index is 1.71. The van der Waals surface area contributed by atoms with Gasteiger partial charge in [-0.3, -0.25) is 4.79 Å². The third kappa shape index (κ3) is 5.30. The van der Waals surface area contributed by atoms with Crippen LogP contribution in [0.1, 0.15) is 46.8 Å². The summed E-state index contributed by atoms with van der Waals surface area (Å²) in [6.07, 6.45) is 0. The van der Waals surface area contributed by atoms with Gasteiger partial charge in [-0.15, -0.1) is 11.3 Å². The molecule has 1 amide bonds. The van der Waals surface area contributed by atoms with Gasteiger partial charge in [0, 0.05) is 22.0 Å². The molecule has 6 nitrogen and oxygen atoms in total.